The van der Waals surface area contributed by atoms with Gasteiger partial charge in [-0.2, -0.15) is 0 Å². The summed E-state index contributed by atoms with van der Waals surface area (Å²) in [4.78, 5) is 7.72. The van der Waals surface area contributed by atoms with Gasteiger partial charge in [-0.05, 0) is 39.0 Å². The summed E-state index contributed by atoms with van der Waals surface area (Å²) in [5.74, 6) is 0. The molecular weight excluding hydrogens is 360 g/mol. The second kappa shape index (κ2) is 9.39. The van der Waals surface area contributed by atoms with Crippen LogP contribution in [0, 0.1) is 0 Å². The quantitative estimate of drug-likeness (QED) is 0.216. The van der Waals surface area contributed by atoms with Crippen LogP contribution in [-0.2, 0) is 9.57 Å². The van der Waals surface area contributed by atoms with Crippen LogP contribution in [0.3, 0.4) is 0 Å². The molecule has 3 aromatic carbocycles. The number of oxime groups is 1. The predicted molar refractivity (Wildman–Crippen MR) is 120 cm³/mol. The van der Waals surface area contributed by atoms with E-state index < -0.39 is 0 Å². The Balaban J connectivity index is 1.98. The summed E-state index contributed by atoms with van der Waals surface area (Å²) in [6.45, 7) is 6.06. The zero-order valence-electron chi connectivity index (χ0n) is 17.5. The molecule has 0 spiro atoms. The lowest BCUT2D eigenvalue weighted by atomic mass is 10.00. The number of para-hydroxylation sites is 2. The fraction of sp³-hybridized carbons (Fsp3) is 0.240. The molecule has 29 heavy (non-hydrogen) atoms. The molecule has 0 aliphatic heterocycles. The number of anilines is 2. The Morgan fingerprint density at radius 3 is 2.07 bits per heavy atom. The number of nitrogens with zero attached hydrogens (tertiary/aromatic N) is 2. The van der Waals surface area contributed by atoms with Crippen LogP contribution < -0.4 is 4.90 Å². The van der Waals surface area contributed by atoms with Crippen LogP contribution in [0.2, 0.25) is 0 Å². The molecule has 0 N–H and O–H groups in total. The third-order valence-electron chi connectivity index (χ3n) is 4.41. The highest BCUT2D eigenvalue weighted by molar-refractivity contribution is 6.16. The molecular formula is C25H28N2O2. The van der Waals surface area contributed by atoms with E-state index in [1.165, 1.54) is 0 Å². The van der Waals surface area contributed by atoms with E-state index in [9.17, 15) is 0 Å². The van der Waals surface area contributed by atoms with Crippen LogP contribution in [0.1, 0.15) is 31.9 Å². The molecule has 0 saturated carbocycles. The zero-order chi connectivity index (χ0) is 20.7. The maximum Gasteiger partial charge on any atom is 0.217 e. The van der Waals surface area contributed by atoms with Crippen LogP contribution >= 0.6 is 0 Å². The normalized spacial score (nSPS) is 11.9. The first-order valence-electron chi connectivity index (χ1n) is 9.73. The van der Waals surface area contributed by atoms with Gasteiger partial charge in [0.05, 0.1) is 11.3 Å². The highest BCUT2D eigenvalue weighted by atomic mass is 16.7. The minimum Gasteiger partial charge on any atom is -0.366 e. The number of rotatable bonds is 7. The van der Waals surface area contributed by atoms with E-state index in [1.807, 2.05) is 81.4 Å². The molecule has 0 aliphatic carbocycles. The van der Waals surface area contributed by atoms with E-state index >= 15 is 0 Å². The van der Waals surface area contributed by atoms with E-state index in [2.05, 4.69) is 41.4 Å². The maximum absolute atomic E-state index is 5.66. The van der Waals surface area contributed by atoms with Crippen molar-refractivity contribution in [2.45, 2.75) is 26.4 Å². The molecule has 3 aromatic rings. The van der Waals surface area contributed by atoms with E-state index in [0.29, 0.717) is 0 Å². The van der Waals surface area contributed by atoms with Gasteiger partial charge in [0.2, 0.25) is 6.79 Å². The van der Waals surface area contributed by atoms with Gasteiger partial charge in [-0.25, -0.2) is 0 Å². The lowest BCUT2D eigenvalue weighted by Crippen LogP contribution is -2.20. The first kappa shape index (κ1) is 20.6. The molecule has 0 saturated heterocycles. The number of hydrogen-bond acceptors (Lipinski definition) is 4. The van der Waals surface area contributed by atoms with Crippen molar-refractivity contribution in [1.82, 2.24) is 0 Å². The fourth-order valence-electron chi connectivity index (χ4n) is 2.90. The second-order valence-corrected chi connectivity index (χ2v) is 7.72. The minimum absolute atomic E-state index is 0.0938. The van der Waals surface area contributed by atoms with Crippen LogP contribution in [0.15, 0.2) is 90.1 Å². The van der Waals surface area contributed by atoms with Gasteiger partial charge in [0.15, 0.2) is 0 Å². The predicted octanol–water partition coefficient (Wildman–Crippen LogP) is 6.00. The molecule has 0 aromatic heterocycles. The highest BCUT2D eigenvalue weighted by Gasteiger charge is 2.16. The fourth-order valence-corrected chi connectivity index (χ4v) is 2.90. The van der Waals surface area contributed by atoms with Gasteiger partial charge in [-0.3, -0.25) is 0 Å². The molecule has 4 heteroatoms. The molecule has 0 unspecified atom stereocenters. The zero-order valence-corrected chi connectivity index (χ0v) is 17.5. The topological polar surface area (TPSA) is 34.1 Å². The van der Waals surface area contributed by atoms with Crippen molar-refractivity contribution in [2.24, 2.45) is 5.16 Å². The molecule has 4 nitrogen and oxygen atoms in total. The summed E-state index contributed by atoms with van der Waals surface area (Å²) in [6, 6.07) is 28.5. The van der Waals surface area contributed by atoms with E-state index in [0.717, 1.165) is 28.2 Å². The van der Waals surface area contributed by atoms with Crippen molar-refractivity contribution in [3.05, 3.63) is 96.1 Å². The van der Waals surface area contributed by atoms with Crippen molar-refractivity contribution in [2.75, 3.05) is 18.7 Å². The van der Waals surface area contributed by atoms with Crippen LogP contribution in [0.5, 0.6) is 0 Å². The molecule has 0 heterocycles. The molecule has 0 aliphatic rings. The molecule has 150 valence electrons. The lowest BCUT2D eigenvalue weighted by molar-refractivity contribution is -0.119. The summed E-state index contributed by atoms with van der Waals surface area (Å²) < 4.78 is 5.66. The van der Waals surface area contributed by atoms with Gasteiger partial charge in [0, 0.05) is 23.9 Å². The van der Waals surface area contributed by atoms with Crippen LogP contribution in [0.4, 0.5) is 11.4 Å². The second-order valence-electron chi connectivity index (χ2n) is 7.72. The largest absolute Gasteiger partial charge is 0.366 e. The minimum atomic E-state index is -0.284. The van der Waals surface area contributed by atoms with Crippen molar-refractivity contribution < 1.29 is 9.57 Å². The Bertz CT molecular complexity index is 932. The Hall–Kier alpha value is -3.11. The Morgan fingerprint density at radius 2 is 1.41 bits per heavy atom. The van der Waals surface area contributed by atoms with Crippen molar-refractivity contribution in [3.63, 3.8) is 0 Å². The van der Waals surface area contributed by atoms with Gasteiger partial charge >= 0.3 is 0 Å². The van der Waals surface area contributed by atoms with Crippen molar-refractivity contribution in [3.8, 4) is 0 Å². The summed E-state index contributed by atoms with van der Waals surface area (Å²) in [6.07, 6.45) is 0. The molecule has 0 amide bonds. The maximum atomic E-state index is 5.66. The first-order chi connectivity index (χ1) is 14.0. The third-order valence-corrected chi connectivity index (χ3v) is 4.41. The number of ether oxygens (including phenoxy) is 1. The van der Waals surface area contributed by atoms with Gasteiger partial charge < -0.3 is 14.5 Å². The summed E-state index contributed by atoms with van der Waals surface area (Å²) >= 11 is 0. The number of hydrogen-bond donors (Lipinski definition) is 0. The molecule has 0 fully saturated rings. The monoisotopic (exact) mass is 388 g/mol. The summed E-state index contributed by atoms with van der Waals surface area (Å²) in [7, 11) is 2.06. The average Bonchev–Trinajstić information content (AvgIpc) is 2.74. The Labute approximate surface area is 173 Å². The summed E-state index contributed by atoms with van der Waals surface area (Å²) in [5, 5.41) is 4.47. The molecule has 0 atom stereocenters. The van der Waals surface area contributed by atoms with Gasteiger partial charge in [0.1, 0.15) is 5.71 Å². The van der Waals surface area contributed by atoms with Crippen molar-refractivity contribution >= 4 is 17.1 Å². The van der Waals surface area contributed by atoms with Gasteiger partial charge in [0.25, 0.3) is 0 Å². The van der Waals surface area contributed by atoms with Crippen LogP contribution in [-0.4, -0.2) is 25.2 Å². The van der Waals surface area contributed by atoms with Crippen LogP contribution in [0.25, 0.3) is 0 Å². The summed E-state index contributed by atoms with van der Waals surface area (Å²) in [5.41, 5.74) is 4.60. The van der Waals surface area contributed by atoms with E-state index in [1.54, 1.807) is 0 Å². The standard InChI is InChI=1S/C25H28N2O2/c1-25(2,3)28-19-29-26-24(20-13-7-5-8-14-20)22-17-11-12-18-23(22)27(4)21-15-9-6-10-16-21/h5-18H,19H2,1-4H3/b26-24+. The highest BCUT2D eigenvalue weighted by Crippen LogP contribution is 2.29. The third kappa shape index (κ3) is 5.69. The Kier molecular flexibility index (Phi) is 6.68. The lowest BCUT2D eigenvalue weighted by Gasteiger charge is -2.23. The molecule has 0 radical (unpaired) electrons. The smallest absolute Gasteiger partial charge is 0.217 e. The van der Waals surface area contributed by atoms with Gasteiger partial charge in [-0.1, -0.05) is 71.9 Å². The van der Waals surface area contributed by atoms with E-state index in [4.69, 9.17) is 9.57 Å². The SMILES string of the molecule is CN(c1ccccc1)c1ccccc1/C(=N/OCOC(C)(C)C)c1ccccc1. The Morgan fingerprint density at radius 1 is 0.828 bits per heavy atom. The number of benzene rings is 3. The van der Waals surface area contributed by atoms with Gasteiger partial charge in [-0.15, -0.1) is 0 Å². The van der Waals surface area contributed by atoms with E-state index in [-0.39, 0.29) is 12.4 Å². The molecule has 3 rings (SSSR count). The first-order valence-corrected chi connectivity index (χ1v) is 9.73. The van der Waals surface area contributed by atoms with Crippen molar-refractivity contribution in [1.29, 1.82) is 0 Å². The average molecular weight is 389 g/mol. The molecule has 0 bridgehead atoms.